The second-order valence-electron chi connectivity index (χ2n) is 5.23. The number of thiophene rings is 1. The maximum absolute atomic E-state index is 4.62. The van der Waals surface area contributed by atoms with Crippen LogP contribution in [0.15, 0.2) is 48.7 Å². The third kappa shape index (κ3) is 3.00. The van der Waals surface area contributed by atoms with Gasteiger partial charge in [-0.1, -0.05) is 18.2 Å². The normalized spacial score (nSPS) is 12.3. The van der Waals surface area contributed by atoms with E-state index in [0.29, 0.717) is 0 Å². The first-order valence-corrected chi connectivity index (χ1v) is 7.89. The zero-order valence-electron chi connectivity index (χ0n) is 12.5. The fraction of sp³-hybridized carbons (Fsp3) is 0.235. The van der Waals surface area contributed by atoms with Gasteiger partial charge < -0.3 is 9.88 Å². The minimum absolute atomic E-state index is 0.274. The van der Waals surface area contributed by atoms with Crippen molar-refractivity contribution in [2.24, 2.45) is 0 Å². The summed E-state index contributed by atoms with van der Waals surface area (Å²) in [5.74, 6) is 0.886. The smallest absolute Gasteiger partial charge is 0.208 e. The summed E-state index contributed by atoms with van der Waals surface area (Å²) in [5, 5.41) is 3.41. The molecule has 1 aromatic carbocycles. The molecule has 4 heteroatoms. The van der Waals surface area contributed by atoms with Gasteiger partial charge in [0, 0.05) is 21.6 Å². The molecule has 21 heavy (non-hydrogen) atoms. The van der Waals surface area contributed by atoms with Crippen molar-refractivity contribution in [1.82, 2.24) is 9.55 Å². The largest absolute Gasteiger partial charge is 0.326 e. The second-order valence-corrected chi connectivity index (χ2v) is 6.55. The van der Waals surface area contributed by atoms with Crippen LogP contribution in [0.25, 0.3) is 0 Å². The number of benzene rings is 1. The van der Waals surface area contributed by atoms with Crippen molar-refractivity contribution >= 4 is 23.0 Å². The van der Waals surface area contributed by atoms with Gasteiger partial charge in [0.05, 0.1) is 11.7 Å². The minimum Gasteiger partial charge on any atom is -0.326 e. The van der Waals surface area contributed by atoms with Crippen LogP contribution in [-0.4, -0.2) is 9.55 Å². The third-order valence-corrected chi connectivity index (χ3v) is 4.64. The first-order valence-electron chi connectivity index (χ1n) is 7.07. The van der Waals surface area contributed by atoms with Crippen molar-refractivity contribution in [2.75, 3.05) is 5.32 Å². The molecule has 0 spiro atoms. The average Bonchev–Trinajstić information content (AvgIpc) is 3.05. The number of para-hydroxylation sites is 1. The van der Waals surface area contributed by atoms with Gasteiger partial charge in [0.25, 0.3) is 0 Å². The summed E-state index contributed by atoms with van der Waals surface area (Å²) in [6.45, 7) is 6.38. The molecule has 1 N–H and O–H groups in total. The highest BCUT2D eigenvalue weighted by atomic mass is 32.1. The van der Waals surface area contributed by atoms with Crippen molar-refractivity contribution in [3.05, 3.63) is 64.1 Å². The maximum atomic E-state index is 4.62. The number of aromatic nitrogens is 2. The molecule has 0 amide bonds. The van der Waals surface area contributed by atoms with Gasteiger partial charge in [0.2, 0.25) is 5.95 Å². The van der Waals surface area contributed by atoms with E-state index in [1.807, 2.05) is 48.6 Å². The van der Waals surface area contributed by atoms with Crippen molar-refractivity contribution in [2.45, 2.75) is 26.8 Å². The van der Waals surface area contributed by atoms with Crippen molar-refractivity contribution in [3.8, 4) is 0 Å². The standard InChI is InChI=1S/C17H19N3S/c1-12-11-20(14(3)16-10-9-13(2)21-16)17(18-12)19-15-7-5-4-6-8-15/h4-11,14H,1-3H3,(H,18,19). The number of nitrogens with zero attached hydrogens (tertiary/aromatic N) is 2. The fourth-order valence-corrected chi connectivity index (χ4v) is 3.30. The molecular weight excluding hydrogens is 278 g/mol. The van der Waals surface area contributed by atoms with Gasteiger partial charge in [0.1, 0.15) is 0 Å². The van der Waals surface area contributed by atoms with Crippen LogP contribution in [0.1, 0.15) is 28.4 Å². The van der Waals surface area contributed by atoms with Crippen molar-refractivity contribution < 1.29 is 0 Å². The number of hydrogen-bond donors (Lipinski definition) is 1. The summed E-state index contributed by atoms with van der Waals surface area (Å²) in [6, 6.07) is 14.8. The monoisotopic (exact) mass is 297 g/mol. The molecule has 3 nitrogen and oxygen atoms in total. The quantitative estimate of drug-likeness (QED) is 0.741. The van der Waals surface area contributed by atoms with Gasteiger partial charge in [-0.05, 0) is 45.0 Å². The van der Waals surface area contributed by atoms with Crippen LogP contribution < -0.4 is 5.32 Å². The van der Waals surface area contributed by atoms with Gasteiger partial charge in [0.15, 0.2) is 0 Å². The number of aryl methyl sites for hydroxylation is 2. The number of nitrogens with one attached hydrogen (secondary N) is 1. The Labute approximate surface area is 129 Å². The first-order chi connectivity index (χ1) is 10.1. The SMILES string of the molecule is Cc1cn(C(C)c2ccc(C)s2)c(Nc2ccccc2)n1. The molecule has 1 atom stereocenters. The van der Waals surface area contributed by atoms with Gasteiger partial charge in [-0.3, -0.25) is 0 Å². The lowest BCUT2D eigenvalue weighted by Crippen LogP contribution is -2.08. The molecule has 0 fully saturated rings. The summed E-state index contributed by atoms with van der Waals surface area (Å²) >= 11 is 1.84. The van der Waals surface area contributed by atoms with E-state index < -0.39 is 0 Å². The summed E-state index contributed by atoms with van der Waals surface area (Å²) in [5.41, 5.74) is 2.08. The zero-order valence-corrected chi connectivity index (χ0v) is 13.3. The van der Waals surface area contributed by atoms with Crippen LogP contribution in [0, 0.1) is 13.8 Å². The predicted molar refractivity (Wildman–Crippen MR) is 89.6 cm³/mol. The summed E-state index contributed by atoms with van der Waals surface area (Å²) < 4.78 is 2.20. The predicted octanol–water partition coefficient (Wildman–Crippen LogP) is 4.91. The van der Waals surface area contributed by atoms with Crippen LogP contribution >= 0.6 is 11.3 Å². The van der Waals surface area contributed by atoms with E-state index in [1.54, 1.807) is 0 Å². The highest BCUT2D eigenvalue weighted by Crippen LogP contribution is 2.29. The van der Waals surface area contributed by atoms with Gasteiger partial charge >= 0.3 is 0 Å². The van der Waals surface area contributed by atoms with E-state index in [0.717, 1.165) is 17.3 Å². The van der Waals surface area contributed by atoms with E-state index in [4.69, 9.17) is 0 Å². The molecule has 2 heterocycles. The van der Waals surface area contributed by atoms with Crippen molar-refractivity contribution in [3.63, 3.8) is 0 Å². The van der Waals surface area contributed by atoms with E-state index in [-0.39, 0.29) is 6.04 Å². The summed E-state index contributed by atoms with van der Waals surface area (Å²) in [4.78, 5) is 7.30. The van der Waals surface area contributed by atoms with Crippen LogP contribution in [-0.2, 0) is 0 Å². The Morgan fingerprint density at radius 2 is 1.86 bits per heavy atom. The number of anilines is 2. The molecule has 1 unspecified atom stereocenters. The van der Waals surface area contributed by atoms with Gasteiger partial charge in [-0.15, -0.1) is 11.3 Å². The molecule has 0 aliphatic heterocycles. The molecule has 3 aromatic rings. The van der Waals surface area contributed by atoms with E-state index >= 15 is 0 Å². The number of rotatable bonds is 4. The number of hydrogen-bond acceptors (Lipinski definition) is 3. The van der Waals surface area contributed by atoms with Gasteiger partial charge in [-0.2, -0.15) is 0 Å². The zero-order chi connectivity index (χ0) is 14.8. The molecule has 0 radical (unpaired) electrons. The van der Waals surface area contributed by atoms with Crippen LogP contribution in [0.3, 0.4) is 0 Å². The Morgan fingerprint density at radius 1 is 1.10 bits per heavy atom. The molecule has 108 valence electrons. The minimum atomic E-state index is 0.274. The van der Waals surface area contributed by atoms with E-state index in [9.17, 15) is 0 Å². The Balaban J connectivity index is 1.92. The first kappa shape index (κ1) is 13.9. The molecule has 2 aromatic heterocycles. The van der Waals surface area contributed by atoms with E-state index in [1.165, 1.54) is 9.75 Å². The summed E-state index contributed by atoms with van der Waals surface area (Å²) in [7, 11) is 0. The topological polar surface area (TPSA) is 29.9 Å². The maximum Gasteiger partial charge on any atom is 0.208 e. The average molecular weight is 297 g/mol. The molecule has 3 rings (SSSR count). The lowest BCUT2D eigenvalue weighted by Gasteiger charge is -2.15. The molecule has 0 saturated heterocycles. The van der Waals surface area contributed by atoms with Crippen LogP contribution in [0.2, 0.25) is 0 Å². The molecular formula is C17H19N3S. The Morgan fingerprint density at radius 3 is 2.52 bits per heavy atom. The van der Waals surface area contributed by atoms with Crippen molar-refractivity contribution in [1.29, 1.82) is 0 Å². The Kier molecular flexibility index (Phi) is 3.80. The third-order valence-electron chi connectivity index (χ3n) is 3.47. The molecule has 0 saturated carbocycles. The van der Waals surface area contributed by atoms with E-state index in [2.05, 4.69) is 47.0 Å². The molecule has 0 aliphatic carbocycles. The Hall–Kier alpha value is -2.07. The van der Waals surface area contributed by atoms with Crippen LogP contribution in [0.4, 0.5) is 11.6 Å². The molecule has 0 aliphatic rings. The second kappa shape index (κ2) is 5.74. The van der Waals surface area contributed by atoms with Gasteiger partial charge in [-0.25, -0.2) is 4.98 Å². The lowest BCUT2D eigenvalue weighted by atomic mass is 10.2. The Bertz CT molecular complexity index is 728. The highest BCUT2D eigenvalue weighted by molar-refractivity contribution is 7.12. The number of imidazole rings is 1. The molecule has 0 bridgehead atoms. The lowest BCUT2D eigenvalue weighted by molar-refractivity contribution is 0.658. The summed E-state index contributed by atoms with van der Waals surface area (Å²) in [6.07, 6.45) is 2.10. The fourth-order valence-electron chi connectivity index (χ4n) is 2.37. The highest BCUT2D eigenvalue weighted by Gasteiger charge is 2.15. The van der Waals surface area contributed by atoms with Crippen LogP contribution in [0.5, 0.6) is 0 Å².